The molecule has 0 radical (unpaired) electrons. The van der Waals surface area contributed by atoms with Crippen molar-refractivity contribution in [3.8, 4) is 0 Å². The molecule has 1 aromatic rings. The van der Waals surface area contributed by atoms with Crippen LogP contribution in [0.4, 0.5) is 13.2 Å². The first kappa shape index (κ1) is 13.9. The van der Waals surface area contributed by atoms with Crippen molar-refractivity contribution in [3.05, 3.63) is 30.1 Å². The molecule has 1 aromatic heterocycles. The van der Waals surface area contributed by atoms with Crippen LogP contribution in [0.3, 0.4) is 0 Å². The lowest BCUT2D eigenvalue weighted by atomic mass is 10.2. The molecule has 0 saturated carbocycles. The summed E-state index contributed by atoms with van der Waals surface area (Å²) >= 11 is 0. The third kappa shape index (κ3) is 2.96. The van der Waals surface area contributed by atoms with Gasteiger partial charge < -0.3 is 5.11 Å². The molecule has 1 rings (SSSR count). The van der Waals surface area contributed by atoms with E-state index in [1.54, 1.807) is 0 Å². The minimum absolute atomic E-state index is 0.470. The summed E-state index contributed by atoms with van der Waals surface area (Å²) in [5.41, 5.74) is -0.470. The van der Waals surface area contributed by atoms with E-state index >= 15 is 0 Å². The maximum absolute atomic E-state index is 12.7. The highest BCUT2D eigenvalue weighted by Crippen LogP contribution is 2.25. The second-order valence-electron chi connectivity index (χ2n) is 3.37. The molecular formula is C10H9F3N2O3. The van der Waals surface area contributed by atoms with Gasteiger partial charge in [0.25, 0.3) is 5.91 Å². The van der Waals surface area contributed by atoms with Crippen molar-refractivity contribution in [1.82, 2.24) is 9.88 Å². The fourth-order valence-electron chi connectivity index (χ4n) is 1.23. The normalized spacial score (nSPS) is 12.9. The average Bonchev–Trinajstić information content (AvgIpc) is 2.28. The number of nitrogens with zero attached hydrogens (tertiary/aromatic N) is 2. The van der Waals surface area contributed by atoms with E-state index in [-0.39, 0.29) is 0 Å². The minimum atomic E-state index is -5.09. The zero-order valence-electron chi connectivity index (χ0n) is 9.18. The topological polar surface area (TPSA) is 70.5 Å². The van der Waals surface area contributed by atoms with Gasteiger partial charge in [-0.15, -0.1) is 13.2 Å². The first-order valence-corrected chi connectivity index (χ1v) is 4.79. The van der Waals surface area contributed by atoms with Crippen LogP contribution in [0.25, 0.3) is 0 Å². The molecule has 1 amide bonds. The average molecular weight is 262 g/mol. The van der Waals surface area contributed by atoms with Crippen molar-refractivity contribution in [1.29, 1.82) is 0 Å². The van der Waals surface area contributed by atoms with E-state index in [2.05, 4.69) is 4.98 Å². The van der Waals surface area contributed by atoms with Gasteiger partial charge in [-0.3, -0.25) is 9.78 Å². The van der Waals surface area contributed by atoms with Crippen LogP contribution in [0, 0.1) is 0 Å². The number of halogens is 3. The van der Waals surface area contributed by atoms with Crippen LogP contribution in [-0.4, -0.2) is 39.2 Å². The number of carboxylic acid groups (broad SMARTS) is 1. The lowest BCUT2D eigenvalue weighted by Crippen LogP contribution is -2.51. The molecule has 1 atom stereocenters. The zero-order chi connectivity index (χ0) is 13.9. The Morgan fingerprint density at radius 1 is 1.39 bits per heavy atom. The van der Waals surface area contributed by atoms with Crippen molar-refractivity contribution >= 4 is 11.9 Å². The van der Waals surface area contributed by atoms with Crippen LogP contribution in [-0.2, 0) is 4.79 Å². The molecule has 0 bridgehead atoms. The van der Waals surface area contributed by atoms with Crippen LogP contribution in [0.1, 0.15) is 17.4 Å². The van der Waals surface area contributed by atoms with Crippen molar-refractivity contribution in [2.75, 3.05) is 0 Å². The Kier molecular flexibility index (Phi) is 3.89. The predicted molar refractivity (Wildman–Crippen MR) is 53.6 cm³/mol. The van der Waals surface area contributed by atoms with Gasteiger partial charge in [0.05, 0.1) is 0 Å². The van der Waals surface area contributed by atoms with E-state index in [9.17, 15) is 22.8 Å². The molecule has 0 aliphatic rings. The summed E-state index contributed by atoms with van der Waals surface area (Å²) in [6.07, 6.45) is -3.94. The first-order valence-electron chi connectivity index (χ1n) is 4.79. The van der Waals surface area contributed by atoms with Gasteiger partial charge in [0.1, 0.15) is 11.7 Å². The van der Waals surface area contributed by atoms with Gasteiger partial charge >= 0.3 is 12.3 Å². The lowest BCUT2D eigenvalue weighted by Gasteiger charge is -2.27. The zero-order valence-corrected chi connectivity index (χ0v) is 9.18. The Balaban J connectivity index is 3.13. The number of carbonyl (C=O) groups is 2. The smallest absolute Gasteiger partial charge is 0.480 e. The number of hydrogen-bond acceptors (Lipinski definition) is 3. The number of rotatable bonds is 3. The molecule has 0 saturated heterocycles. The molecule has 0 aliphatic carbocycles. The van der Waals surface area contributed by atoms with E-state index in [0.717, 1.165) is 19.2 Å². The van der Waals surface area contributed by atoms with Crippen molar-refractivity contribution in [3.63, 3.8) is 0 Å². The van der Waals surface area contributed by atoms with Gasteiger partial charge in [0.15, 0.2) is 0 Å². The van der Waals surface area contributed by atoms with Crippen LogP contribution >= 0.6 is 0 Å². The number of aromatic nitrogens is 1. The molecule has 1 heterocycles. The van der Waals surface area contributed by atoms with Gasteiger partial charge in [-0.2, -0.15) is 0 Å². The number of alkyl halides is 3. The van der Waals surface area contributed by atoms with Gasteiger partial charge in [0.2, 0.25) is 0 Å². The van der Waals surface area contributed by atoms with Crippen molar-refractivity contribution in [2.24, 2.45) is 0 Å². The fraction of sp³-hybridized carbons (Fsp3) is 0.300. The van der Waals surface area contributed by atoms with E-state index in [4.69, 9.17) is 5.11 Å². The Labute approximate surface area is 99.8 Å². The molecule has 0 aliphatic heterocycles. The van der Waals surface area contributed by atoms with Gasteiger partial charge in [0, 0.05) is 6.20 Å². The van der Waals surface area contributed by atoms with Gasteiger partial charge in [-0.25, -0.2) is 9.69 Å². The number of amides is 1. The monoisotopic (exact) mass is 262 g/mol. The predicted octanol–water partition coefficient (Wildman–Crippen LogP) is 1.52. The highest BCUT2D eigenvalue weighted by Gasteiger charge is 2.47. The SMILES string of the molecule is CC(C(=O)O)N(C(=O)c1ccccn1)C(F)(F)F. The quantitative estimate of drug-likeness (QED) is 0.838. The summed E-state index contributed by atoms with van der Waals surface area (Å²) in [6, 6.07) is 1.81. The largest absolute Gasteiger partial charge is 0.488 e. The lowest BCUT2D eigenvalue weighted by molar-refractivity contribution is -0.236. The molecule has 0 fully saturated rings. The molecule has 8 heteroatoms. The van der Waals surface area contributed by atoms with Crippen LogP contribution in [0.5, 0.6) is 0 Å². The molecule has 1 unspecified atom stereocenters. The molecule has 0 aromatic carbocycles. The third-order valence-corrected chi connectivity index (χ3v) is 2.12. The highest BCUT2D eigenvalue weighted by molar-refractivity contribution is 5.95. The number of aliphatic carboxylic acids is 1. The van der Waals surface area contributed by atoms with Crippen LogP contribution in [0.2, 0.25) is 0 Å². The molecule has 5 nitrogen and oxygen atoms in total. The Morgan fingerprint density at radius 2 is 2.00 bits per heavy atom. The van der Waals surface area contributed by atoms with Crippen LogP contribution in [0.15, 0.2) is 24.4 Å². The summed E-state index contributed by atoms with van der Waals surface area (Å²) in [4.78, 5) is 25.0. The number of carbonyl (C=O) groups excluding carboxylic acids is 1. The molecule has 18 heavy (non-hydrogen) atoms. The van der Waals surface area contributed by atoms with Crippen LogP contribution < -0.4 is 0 Å². The van der Waals surface area contributed by atoms with E-state index in [1.807, 2.05) is 0 Å². The van der Waals surface area contributed by atoms with Crippen molar-refractivity contribution < 1.29 is 27.9 Å². The summed E-state index contributed by atoms with van der Waals surface area (Å²) in [7, 11) is 0. The molecule has 98 valence electrons. The van der Waals surface area contributed by atoms with Gasteiger partial charge in [-0.05, 0) is 19.1 Å². The minimum Gasteiger partial charge on any atom is -0.480 e. The molecule has 0 spiro atoms. The molecule has 1 N–H and O–H groups in total. The second kappa shape index (κ2) is 5.03. The second-order valence-corrected chi connectivity index (χ2v) is 3.37. The van der Waals surface area contributed by atoms with E-state index < -0.39 is 34.8 Å². The standard InChI is InChI=1S/C10H9F3N2O3/c1-6(9(17)18)15(10(11,12)13)8(16)7-4-2-3-5-14-7/h2-6H,1H3,(H,17,18). The fourth-order valence-corrected chi connectivity index (χ4v) is 1.23. The summed E-state index contributed by atoms with van der Waals surface area (Å²) in [6.45, 7) is 0.774. The summed E-state index contributed by atoms with van der Waals surface area (Å²) < 4.78 is 38.0. The highest BCUT2D eigenvalue weighted by atomic mass is 19.4. The van der Waals surface area contributed by atoms with Gasteiger partial charge in [-0.1, -0.05) is 6.07 Å². The Bertz CT molecular complexity index is 447. The Hall–Kier alpha value is -2.12. The summed E-state index contributed by atoms with van der Waals surface area (Å²) in [5, 5.41) is 8.60. The summed E-state index contributed by atoms with van der Waals surface area (Å²) in [5.74, 6) is -3.25. The number of pyridine rings is 1. The van der Waals surface area contributed by atoms with Crippen molar-refractivity contribution in [2.45, 2.75) is 19.3 Å². The van der Waals surface area contributed by atoms with E-state index in [0.29, 0.717) is 0 Å². The van der Waals surface area contributed by atoms with E-state index in [1.165, 1.54) is 12.1 Å². The number of hydrogen-bond donors (Lipinski definition) is 1. The molecular weight excluding hydrogens is 253 g/mol. The first-order chi connectivity index (χ1) is 8.25. The maximum atomic E-state index is 12.7. The maximum Gasteiger partial charge on any atom is 0.488 e. The Morgan fingerprint density at radius 3 is 2.39 bits per heavy atom. The number of carboxylic acids is 1. The third-order valence-electron chi connectivity index (χ3n) is 2.12.